The monoisotopic (exact) mass is 126 g/mol. The molecule has 0 bridgehead atoms. The Hall–Kier alpha value is -0.590. The van der Waals surface area contributed by atoms with Gasteiger partial charge in [-0.15, -0.1) is 0 Å². The highest BCUT2D eigenvalue weighted by molar-refractivity contribution is 5.53. The molecule has 9 heavy (non-hydrogen) atoms. The number of allylic oxidation sites excluding steroid dienone is 2. The van der Waals surface area contributed by atoms with Crippen LogP contribution in [-0.2, 0) is 4.79 Å². The predicted octanol–water partition coefficient (Wildman–Crippen LogP) is 2.03. The minimum atomic E-state index is 0.154. The van der Waals surface area contributed by atoms with Crippen LogP contribution in [-0.4, -0.2) is 6.29 Å². The highest BCUT2D eigenvalue weighted by Gasteiger charge is 2.05. The van der Waals surface area contributed by atoms with E-state index in [1.165, 1.54) is 0 Å². The maximum Gasteiger partial charge on any atom is 0.123 e. The quantitative estimate of drug-likeness (QED) is 0.417. The summed E-state index contributed by atoms with van der Waals surface area (Å²) in [5.74, 6) is 0.536. The summed E-state index contributed by atoms with van der Waals surface area (Å²) < 4.78 is 0. The van der Waals surface area contributed by atoms with Gasteiger partial charge in [0, 0.05) is 5.92 Å². The van der Waals surface area contributed by atoms with E-state index in [0.29, 0.717) is 5.92 Å². The molecule has 0 aliphatic heterocycles. The molecule has 52 valence electrons. The van der Waals surface area contributed by atoms with Crippen LogP contribution in [0.4, 0.5) is 0 Å². The van der Waals surface area contributed by atoms with E-state index in [2.05, 4.69) is 0 Å². The Morgan fingerprint density at radius 1 is 1.22 bits per heavy atom. The molecule has 0 aromatic heterocycles. The van der Waals surface area contributed by atoms with E-state index in [1.54, 1.807) is 0 Å². The second-order valence-corrected chi connectivity index (χ2v) is 2.38. The largest absolute Gasteiger partial charge is 0.303 e. The molecule has 1 nitrogen and oxygen atoms in total. The topological polar surface area (TPSA) is 17.1 Å². The maximum absolute atomic E-state index is 10.2. The first-order valence-electron chi connectivity index (χ1n) is 3.30. The average Bonchev–Trinajstić information content (AvgIpc) is 1.87. The van der Waals surface area contributed by atoms with Gasteiger partial charge in [-0.25, -0.2) is 0 Å². The summed E-state index contributed by atoms with van der Waals surface area (Å²) in [7, 11) is 0. The zero-order valence-electron chi connectivity index (χ0n) is 6.29. The van der Waals surface area contributed by atoms with E-state index in [1.807, 2.05) is 32.9 Å². The number of hydrogen-bond donors (Lipinski definition) is 0. The van der Waals surface area contributed by atoms with Crippen LogP contribution in [0.1, 0.15) is 20.8 Å². The smallest absolute Gasteiger partial charge is 0.123 e. The van der Waals surface area contributed by atoms with Gasteiger partial charge in [0.15, 0.2) is 0 Å². The fourth-order valence-corrected chi connectivity index (χ4v) is 0.603. The van der Waals surface area contributed by atoms with E-state index in [-0.39, 0.29) is 5.92 Å². The van der Waals surface area contributed by atoms with Crippen LogP contribution in [0.15, 0.2) is 12.2 Å². The lowest BCUT2D eigenvalue weighted by Crippen LogP contribution is -2.05. The summed E-state index contributed by atoms with van der Waals surface area (Å²) in [6.07, 6.45) is 5.01. The molecule has 0 aromatic carbocycles. The van der Waals surface area contributed by atoms with Gasteiger partial charge in [-0.1, -0.05) is 26.0 Å². The predicted molar refractivity (Wildman–Crippen MR) is 39.2 cm³/mol. The van der Waals surface area contributed by atoms with Crippen LogP contribution in [0.25, 0.3) is 0 Å². The molecule has 0 aliphatic rings. The summed E-state index contributed by atoms with van der Waals surface area (Å²) in [6.45, 7) is 5.94. The van der Waals surface area contributed by atoms with Gasteiger partial charge < -0.3 is 4.79 Å². The van der Waals surface area contributed by atoms with Gasteiger partial charge in [-0.05, 0) is 12.8 Å². The van der Waals surface area contributed by atoms with Crippen molar-refractivity contribution in [3.05, 3.63) is 12.2 Å². The highest BCUT2D eigenvalue weighted by atomic mass is 16.1. The standard InChI is InChI=1S/C8H14O/c1-4-5-7(2)8(3)6-9/h4-8H,1-3H3/b5-4+. The van der Waals surface area contributed by atoms with Gasteiger partial charge in [0.25, 0.3) is 0 Å². The molecule has 0 spiro atoms. The third-order valence-electron chi connectivity index (χ3n) is 1.54. The summed E-state index contributed by atoms with van der Waals surface area (Å²) in [5, 5.41) is 0. The van der Waals surface area contributed by atoms with E-state index in [4.69, 9.17) is 0 Å². The molecule has 0 saturated carbocycles. The Bertz CT molecular complexity index is 105. The summed E-state index contributed by atoms with van der Waals surface area (Å²) in [6, 6.07) is 0. The van der Waals surface area contributed by atoms with Crippen molar-refractivity contribution in [2.24, 2.45) is 11.8 Å². The Kier molecular flexibility index (Phi) is 4.02. The van der Waals surface area contributed by atoms with Crippen molar-refractivity contribution in [3.8, 4) is 0 Å². The molecule has 0 N–H and O–H groups in total. The third-order valence-corrected chi connectivity index (χ3v) is 1.54. The average molecular weight is 126 g/mol. The van der Waals surface area contributed by atoms with Crippen molar-refractivity contribution in [3.63, 3.8) is 0 Å². The number of carbonyl (C=O) groups is 1. The van der Waals surface area contributed by atoms with Crippen molar-refractivity contribution in [1.82, 2.24) is 0 Å². The van der Waals surface area contributed by atoms with Crippen LogP contribution in [0.3, 0.4) is 0 Å². The van der Waals surface area contributed by atoms with Crippen LogP contribution in [0.5, 0.6) is 0 Å². The van der Waals surface area contributed by atoms with Crippen molar-refractivity contribution in [2.45, 2.75) is 20.8 Å². The Morgan fingerprint density at radius 3 is 2.11 bits per heavy atom. The maximum atomic E-state index is 10.2. The van der Waals surface area contributed by atoms with Gasteiger partial charge in [-0.3, -0.25) is 0 Å². The number of hydrogen-bond acceptors (Lipinski definition) is 1. The normalized spacial score (nSPS) is 17.7. The van der Waals surface area contributed by atoms with Gasteiger partial charge in [0.1, 0.15) is 6.29 Å². The summed E-state index contributed by atoms with van der Waals surface area (Å²) >= 11 is 0. The summed E-state index contributed by atoms with van der Waals surface area (Å²) in [4.78, 5) is 10.2. The number of aldehydes is 1. The second-order valence-electron chi connectivity index (χ2n) is 2.38. The zero-order valence-corrected chi connectivity index (χ0v) is 6.29. The van der Waals surface area contributed by atoms with Crippen molar-refractivity contribution >= 4 is 6.29 Å². The Labute approximate surface area is 56.8 Å². The van der Waals surface area contributed by atoms with Crippen LogP contribution >= 0.6 is 0 Å². The molecule has 0 fully saturated rings. The second kappa shape index (κ2) is 4.30. The molecular formula is C8H14O. The van der Waals surface area contributed by atoms with E-state index in [0.717, 1.165) is 6.29 Å². The van der Waals surface area contributed by atoms with Gasteiger partial charge >= 0.3 is 0 Å². The first-order chi connectivity index (χ1) is 4.22. The van der Waals surface area contributed by atoms with E-state index in [9.17, 15) is 4.79 Å². The minimum Gasteiger partial charge on any atom is -0.303 e. The molecule has 0 amide bonds. The van der Waals surface area contributed by atoms with Crippen LogP contribution < -0.4 is 0 Å². The third kappa shape index (κ3) is 3.07. The Morgan fingerprint density at radius 2 is 1.78 bits per heavy atom. The molecule has 0 aromatic rings. The first kappa shape index (κ1) is 8.41. The fourth-order valence-electron chi connectivity index (χ4n) is 0.603. The van der Waals surface area contributed by atoms with Crippen molar-refractivity contribution < 1.29 is 4.79 Å². The molecule has 0 saturated heterocycles. The SMILES string of the molecule is C/C=C/C(C)C(C)C=O. The molecule has 2 unspecified atom stereocenters. The molecular weight excluding hydrogens is 112 g/mol. The summed E-state index contributed by atoms with van der Waals surface area (Å²) in [5.41, 5.74) is 0. The first-order valence-corrected chi connectivity index (χ1v) is 3.30. The van der Waals surface area contributed by atoms with Gasteiger partial charge in [0.2, 0.25) is 0 Å². The molecule has 0 heterocycles. The molecule has 2 atom stereocenters. The molecule has 1 heteroatoms. The lowest BCUT2D eigenvalue weighted by Gasteiger charge is -2.06. The molecule has 0 aliphatic carbocycles. The highest BCUT2D eigenvalue weighted by Crippen LogP contribution is 2.08. The number of rotatable bonds is 3. The van der Waals surface area contributed by atoms with Gasteiger partial charge in [-0.2, -0.15) is 0 Å². The van der Waals surface area contributed by atoms with Crippen molar-refractivity contribution in [2.75, 3.05) is 0 Å². The molecule has 0 rings (SSSR count). The lowest BCUT2D eigenvalue weighted by molar-refractivity contribution is -0.111. The zero-order chi connectivity index (χ0) is 7.28. The fraction of sp³-hybridized carbons (Fsp3) is 0.625. The number of carbonyl (C=O) groups excluding carboxylic acids is 1. The lowest BCUT2D eigenvalue weighted by atomic mass is 9.97. The van der Waals surface area contributed by atoms with Crippen LogP contribution in [0, 0.1) is 11.8 Å². The van der Waals surface area contributed by atoms with Crippen LogP contribution in [0.2, 0.25) is 0 Å². The minimum absolute atomic E-state index is 0.154. The van der Waals surface area contributed by atoms with Gasteiger partial charge in [0.05, 0.1) is 0 Å². The van der Waals surface area contributed by atoms with E-state index >= 15 is 0 Å². The molecule has 0 radical (unpaired) electrons. The van der Waals surface area contributed by atoms with E-state index < -0.39 is 0 Å². The van der Waals surface area contributed by atoms with Crippen molar-refractivity contribution in [1.29, 1.82) is 0 Å². The Balaban J connectivity index is 3.71.